The van der Waals surface area contributed by atoms with Crippen LogP contribution in [-0.2, 0) is 4.79 Å². The number of carbonyl (C=O) groups is 1. The fourth-order valence-electron chi connectivity index (χ4n) is 2.99. The minimum Gasteiger partial charge on any atom is -0.481 e. The molecule has 1 saturated heterocycles. The number of carbonyl (C=O) groups excluding carboxylic acids is 1. The molecule has 3 rings (SSSR count). The molecule has 0 bridgehead atoms. The molecule has 1 amide bonds. The molecule has 0 aliphatic carbocycles. The topological polar surface area (TPSA) is 45.7 Å². The molecule has 1 aromatic heterocycles. The summed E-state index contributed by atoms with van der Waals surface area (Å²) in [5, 5.41) is 0. The van der Waals surface area contributed by atoms with Crippen LogP contribution in [0, 0.1) is 6.92 Å². The number of ether oxygens (including phenoxy) is 1. The highest BCUT2D eigenvalue weighted by Gasteiger charge is 2.28. The number of pyridine rings is 1. The Hall–Kier alpha value is -2.56. The number of piperazine rings is 1. The molecule has 0 radical (unpaired) electrons. The Morgan fingerprint density at radius 2 is 1.84 bits per heavy atom. The van der Waals surface area contributed by atoms with E-state index < -0.39 is 6.10 Å². The maximum atomic E-state index is 12.8. The minimum absolute atomic E-state index is 0.0729. The predicted molar refractivity (Wildman–Crippen MR) is 98.9 cm³/mol. The lowest BCUT2D eigenvalue weighted by Gasteiger charge is -2.36. The van der Waals surface area contributed by atoms with Crippen LogP contribution in [0.15, 0.2) is 48.7 Å². The van der Waals surface area contributed by atoms with Gasteiger partial charge in [0.15, 0.2) is 6.10 Å². The summed E-state index contributed by atoms with van der Waals surface area (Å²) < 4.78 is 5.93. The van der Waals surface area contributed by atoms with Crippen molar-refractivity contribution in [3.63, 3.8) is 0 Å². The maximum Gasteiger partial charge on any atom is 0.263 e. The first-order valence-electron chi connectivity index (χ1n) is 8.85. The molecule has 132 valence electrons. The van der Waals surface area contributed by atoms with E-state index >= 15 is 0 Å². The summed E-state index contributed by atoms with van der Waals surface area (Å²) in [7, 11) is 0. The van der Waals surface area contributed by atoms with Crippen LogP contribution in [0.1, 0.15) is 18.9 Å². The van der Waals surface area contributed by atoms with Crippen molar-refractivity contribution < 1.29 is 9.53 Å². The van der Waals surface area contributed by atoms with Gasteiger partial charge in [-0.1, -0.05) is 30.7 Å². The average molecular weight is 339 g/mol. The monoisotopic (exact) mass is 339 g/mol. The highest BCUT2D eigenvalue weighted by molar-refractivity contribution is 5.81. The van der Waals surface area contributed by atoms with Crippen molar-refractivity contribution in [1.82, 2.24) is 9.88 Å². The summed E-state index contributed by atoms with van der Waals surface area (Å²) in [6, 6.07) is 13.7. The first kappa shape index (κ1) is 17.3. The SMILES string of the molecule is CC[C@@H](Oc1ccc(C)cc1)C(=O)N1CCN(c2ccccn2)CC1. The van der Waals surface area contributed by atoms with Crippen molar-refractivity contribution >= 4 is 11.7 Å². The van der Waals surface area contributed by atoms with E-state index in [1.54, 1.807) is 6.20 Å². The van der Waals surface area contributed by atoms with Gasteiger partial charge < -0.3 is 14.5 Å². The lowest BCUT2D eigenvalue weighted by atomic mass is 10.2. The number of hydrogen-bond donors (Lipinski definition) is 0. The molecular weight excluding hydrogens is 314 g/mol. The Morgan fingerprint density at radius 1 is 1.12 bits per heavy atom. The molecular formula is C20H25N3O2. The molecule has 1 aromatic carbocycles. The van der Waals surface area contributed by atoms with Crippen LogP contribution in [0.5, 0.6) is 5.75 Å². The summed E-state index contributed by atoms with van der Waals surface area (Å²) in [5.41, 5.74) is 1.18. The normalized spacial score (nSPS) is 15.8. The number of hydrogen-bond acceptors (Lipinski definition) is 4. The summed E-state index contributed by atoms with van der Waals surface area (Å²) in [6.45, 7) is 7.01. The van der Waals surface area contributed by atoms with E-state index in [2.05, 4.69) is 9.88 Å². The molecule has 1 aliphatic heterocycles. The number of benzene rings is 1. The third kappa shape index (κ3) is 4.29. The van der Waals surface area contributed by atoms with Crippen LogP contribution in [-0.4, -0.2) is 48.1 Å². The molecule has 2 heterocycles. The standard InChI is InChI=1S/C20H25N3O2/c1-3-18(25-17-9-7-16(2)8-10-17)20(24)23-14-12-22(13-15-23)19-6-4-5-11-21-19/h4-11,18H,3,12-15H2,1-2H3/t18-/m1/s1. The molecule has 0 unspecified atom stereocenters. The van der Waals surface area contributed by atoms with Crippen LogP contribution in [0.2, 0.25) is 0 Å². The van der Waals surface area contributed by atoms with E-state index in [0.717, 1.165) is 24.7 Å². The van der Waals surface area contributed by atoms with Gasteiger partial charge in [-0.3, -0.25) is 4.79 Å². The second-order valence-corrected chi connectivity index (χ2v) is 6.33. The Balaban J connectivity index is 1.57. The van der Waals surface area contributed by atoms with E-state index in [1.165, 1.54) is 5.56 Å². The highest BCUT2D eigenvalue weighted by Crippen LogP contribution is 2.18. The summed E-state index contributed by atoms with van der Waals surface area (Å²) >= 11 is 0. The third-order valence-corrected chi connectivity index (χ3v) is 4.51. The number of anilines is 1. The lowest BCUT2D eigenvalue weighted by molar-refractivity contribution is -0.139. The van der Waals surface area contributed by atoms with Crippen molar-refractivity contribution in [3.05, 3.63) is 54.2 Å². The molecule has 0 N–H and O–H groups in total. The van der Waals surface area contributed by atoms with Gasteiger partial charge in [0.25, 0.3) is 5.91 Å². The molecule has 5 heteroatoms. The van der Waals surface area contributed by atoms with Gasteiger partial charge in [0.1, 0.15) is 11.6 Å². The maximum absolute atomic E-state index is 12.8. The summed E-state index contributed by atoms with van der Waals surface area (Å²) in [4.78, 5) is 21.3. The van der Waals surface area contributed by atoms with Gasteiger partial charge in [-0.15, -0.1) is 0 Å². The van der Waals surface area contributed by atoms with Crippen molar-refractivity contribution in [3.8, 4) is 5.75 Å². The van der Waals surface area contributed by atoms with Crippen molar-refractivity contribution in [2.24, 2.45) is 0 Å². The Bertz CT molecular complexity index is 680. The van der Waals surface area contributed by atoms with Gasteiger partial charge in [-0.05, 0) is 37.6 Å². The highest BCUT2D eigenvalue weighted by atomic mass is 16.5. The van der Waals surface area contributed by atoms with Crippen LogP contribution >= 0.6 is 0 Å². The van der Waals surface area contributed by atoms with Gasteiger partial charge in [0.05, 0.1) is 0 Å². The fraction of sp³-hybridized carbons (Fsp3) is 0.400. The third-order valence-electron chi connectivity index (χ3n) is 4.51. The lowest BCUT2D eigenvalue weighted by Crippen LogP contribution is -2.52. The number of amides is 1. The molecule has 5 nitrogen and oxygen atoms in total. The molecule has 1 aliphatic rings. The van der Waals surface area contributed by atoms with Crippen LogP contribution in [0.3, 0.4) is 0 Å². The first-order chi connectivity index (χ1) is 12.2. The Kier molecular flexibility index (Phi) is 5.53. The quantitative estimate of drug-likeness (QED) is 0.840. The fourth-order valence-corrected chi connectivity index (χ4v) is 2.99. The Morgan fingerprint density at radius 3 is 2.44 bits per heavy atom. The average Bonchev–Trinajstić information content (AvgIpc) is 2.68. The van der Waals surface area contributed by atoms with Gasteiger partial charge in [-0.2, -0.15) is 0 Å². The zero-order valence-electron chi connectivity index (χ0n) is 14.9. The van der Waals surface area contributed by atoms with Gasteiger partial charge in [0, 0.05) is 32.4 Å². The second-order valence-electron chi connectivity index (χ2n) is 6.33. The van der Waals surface area contributed by atoms with E-state index in [4.69, 9.17) is 4.74 Å². The molecule has 0 spiro atoms. The first-order valence-corrected chi connectivity index (χ1v) is 8.85. The van der Waals surface area contributed by atoms with Gasteiger partial charge >= 0.3 is 0 Å². The minimum atomic E-state index is -0.427. The second kappa shape index (κ2) is 8.01. The van der Waals surface area contributed by atoms with E-state index in [-0.39, 0.29) is 5.91 Å². The predicted octanol–water partition coefficient (Wildman–Crippen LogP) is 2.90. The van der Waals surface area contributed by atoms with Gasteiger partial charge in [0.2, 0.25) is 0 Å². The van der Waals surface area contributed by atoms with Crippen molar-refractivity contribution in [2.75, 3.05) is 31.1 Å². The molecule has 1 atom stereocenters. The van der Waals surface area contributed by atoms with Crippen molar-refractivity contribution in [1.29, 1.82) is 0 Å². The number of rotatable bonds is 5. The van der Waals surface area contributed by atoms with Crippen LogP contribution < -0.4 is 9.64 Å². The van der Waals surface area contributed by atoms with Crippen LogP contribution in [0.4, 0.5) is 5.82 Å². The van der Waals surface area contributed by atoms with Crippen LogP contribution in [0.25, 0.3) is 0 Å². The van der Waals surface area contributed by atoms with Gasteiger partial charge in [-0.25, -0.2) is 4.98 Å². The molecule has 25 heavy (non-hydrogen) atoms. The zero-order valence-corrected chi connectivity index (χ0v) is 14.9. The van der Waals surface area contributed by atoms with E-state index in [0.29, 0.717) is 19.5 Å². The van der Waals surface area contributed by atoms with E-state index in [9.17, 15) is 4.79 Å². The number of aromatic nitrogens is 1. The largest absolute Gasteiger partial charge is 0.481 e. The number of aryl methyl sites for hydroxylation is 1. The van der Waals surface area contributed by atoms with E-state index in [1.807, 2.05) is 61.2 Å². The molecule has 2 aromatic rings. The molecule has 0 saturated carbocycles. The Labute approximate surface area is 149 Å². The molecule has 1 fully saturated rings. The summed E-state index contributed by atoms with van der Waals surface area (Å²) in [6.07, 6.45) is 2.03. The number of nitrogens with zero attached hydrogens (tertiary/aromatic N) is 3. The smallest absolute Gasteiger partial charge is 0.263 e. The van der Waals surface area contributed by atoms with Crippen molar-refractivity contribution in [2.45, 2.75) is 26.4 Å². The summed E-state index contributed by atoms with van der Waals surface area (Å²) in [5.74, 6) is 1.79. The zero-order chi connectivity index (χ0) is 17.6.